The van der Waals surface area contributed by atoms with E-state index in [1.54, 1.807) is 0 Å². The molecule has 0 bridgehead atoms. The van der Waals surface area contributed by atoms with Crippen molar-refractivity contribution in [3.05, 3.63) is 33.6 Å². The Bertz CT molecular complexity index is 571. The molecule has 0 spiro atoms. The second kappa shape index (κ2) is 6.78. The van der Waals surface area contributed by atoms with Gasteiger partial charge in [0, 0.05) is 6.07 Å². The Morgan fingerprint density at radius 1 is 1.48 bits per heavy atom. The van der Waals surface area contributed by atoms with Crippen molar-refractivity contribution in [2.45, 2.75) is 33.2 Å². The van der Waals surface area contributed by atoms with Crippen molar-refractivity contribution in [3.8, 4) is 0 Å². The monoisotopic (exact) mass is 295 g/mol. The van der Waals surface area contributed by atoms with Crippen LogP contribution < -0.4 is 5.32 Å². The smallest absolute Gasteiger partial charge is 0.326 e. The van der Waals surface area contributed by atoms with Crippen molar-refractivity contribution in [1.82, 2.24) is 10.3 Å². The lowest BCUT2D eigenvalue weighted by molar-refractivity contribution is -0.385. The van der Waals surface area contributed by atoms with E-state index in [0.29, 0.717) is 5.69 Å². The van der Waals surface area contributed by atoms with E-state index in [1.807, 2.05) is 13.8 Å². The van der Waals surface area contributed by atoms with E-state index in [1.165, 1.54) is 6.92 Å². The van der Waals surface area contributed by atoms with Gasteiger partial charge in [-0.15, -0.1) is 0 Å². The van der Waals surface area contributed by atoms with Gasteiger partial charge in [0.15, 0.2) is 0 Å². The van der Waals surface area contributed by atoms with Crippen LogP contribution in [-0.2, 0) is 4.79 Å². The molecule has 1 atom stereocenters. The van der Waals surface area contributed by atoms with E-state index in [9.17, 15) is 19.7 Å². The number of carbonyl (C=O) groups is 2. The van der Waals surface area contributed by atoms with Gasteiger partial charge in [-0.05, 0) is 19.3 Å². The van der Waals surface area contributed by atoms with E-state index in [4.69, 9.17) is 5.11 Å². The topological polar surface area (TPSA) is 122 Å². The third-order valence-electron chi connectivity index (χ3n) is 2.84. The van der Waals surface area contributed by atoms with Gasteiger partial charge in [-0.1, -0.05) is 13.8 Å². The lowest BCUT2D eigenvalue weighted by atomic mass is 10.0. The normalized spacial score (nSPS) is 12.0. The van der Waals surface area contributed by atoms with Crippen LogP contribution in [0.2, 0.25) is 0 Å². The number of carboxylic acids is 1. The lowest BCUT2D eigenvalue weighted by Gasteiger charge is -2.16. The minimum Gasteiger partial charge on any atom is -0.480 e. The Labute approximate surface area is 121 Å². The minimum atomic E-state index is -1.15. The molecule has 0 aliphatic carbocycles. The van der Waals surface area contributed by atoms with Gasteiger partial charge in [-0.25, -0.2) is 4.79 Å². The lowest BCUT2D eigenvalue weighted by Crippen LogP contribution is -2.41. The molecule has 1 amide bonds. The Morgan fingerprint density at radius 2 is 2.10 bits per heavy atom. The summed E-state index contributed by atoms with van der Waals surface area (Å²) >= 11 is 0. The molecular weight excluding hydrogens is 278 g/mol. The maximum absolute atomic E-state index is 12.1. The summed E-state index contributed by atoms with van der Waals surface area (Å²) < 4.78 is 0. The van der Waals surface area contributed by atoms with Crippen molar-refractivity contribution in [1.29, 1.82) is 0 Å². The fourth-order valence-corrected chi connectivity index (χ4v) is 1.78. The van der Waals surface area contributed by atoms with Gasteiger partial charge in [0.2, 0.25) is 0 Å². The molecule has 0 unspecified atom stereocenters. The van der Waals surface area contributed by atoms with Crippen LogP contribution in [0.3, 0.4) is 0 Å². The van der Waals surface area contributed by atoms with E-state index in [0.717, 1.165) is 12.3 Å². The van der Waals surface area contributed by atoms with Gasteiger partial charge in [-0.2, -0.15) is 0 Å². The summed E-state index contributed by atoms with van der Waals surface area (Å²) in [6.07, 6.45) is 1.32. The summed E-state index contributed by atoms with van der Waals surface area (Å²) in [7, 11) is 0. The summed E-state index contributed by atoms with van der Waals surface area (Å²) in [6.45, 7) is 5.20. The Hall–Kier alpha value is -2.51. The van der Waals surface area contributed by atoms with Crippen LogP contribution in [0, 0.1) is 23.0 Å². The number of hydrogen-bond acceptors (Lipinski definition) is 5. The Morgan fingerprint density at radius 3 is 2.57 bits per heavy atom. The maximum Gasteiger partial charge on any atom is 0.326 e. The average molecular weight is 295 g/mol. The molecule has 8 heteroatoms. The number of aromatic nitrogens is 1. The first-order valence-corrected chi connectivity index (χ1v) is 6.37. The van der Waals surface area contributed by atoms with E-state index >= 15 is 0 Å². The molecule has 0 aromatic carbocycles. The van der Waals surface area contributed by atoms with Gasteiger partial charge in [0.1, 0.15) is 12.2 Å². The zero-order valence-electron chi connectivity index (χ0n) is 12.0. The quantitative estimate of drug-likeness (QED) is 0.606. The number of amides is 1. The number of nitrogens with zero attached hydrogens (tertiary/aromatic N) is 2. The summed E-state index contributed by atoms with van der Waals surface area (Å²) in [5.74, 6) is -1.75. The number of carbonyl (C=O) groups excluding carboxylic acids is 1. The molecule has 1 aromatic rings. The van der Waals surface area contributed by atoms with Gasteiger partial charge >= 0.3 is 5.97 Å². The number of carboxylic acid groups (broad SMARTS) is 1. The van der Waals surface area contributed by atoms with Crippen LogP contribution in [0.5, 0.6) is 0 Å². The second-order valence-corrected chi connectivity index (χ2v) is 5.08. The van der Waals surface area contributed by atoms with Crippen molar-refractivity contribution in [2.24, 2.45) is 5.92 Å². The van der Waals surface area contributed by atoms with E-state index in [2.05, 4.69) is 10.3 Å². The molecule has 0 saturated heterocycles. The second-order valence-electron chi connectivity index (χ2n) is 5.08. The number of hydrogen-bond donors (Lipinski definition) is 2. The first-order chi connectivity index (χ1) is 9.72. The van der Waals surface area contributed by atoms with Crippen LogP contribution in [0.1, 0.15) is 36.3 Å². The third kappa shape index (κ3) is 4.51. The molecule has 114 valence electrons. The first-order valence-electron chi connectivity index (χ1n) is 6.37. The number of aliphatic carboxylic acids is 1. The molecule has 21 heavy (non-hydrogen) atoms. The molecule has 0 radical (unpaired) electrons. The predicted molar refractivity (Wildman–Crippen MR) is 74.0 cm³/mol. The Balaban J connectivity index is 2.99. The summed E-state index contributed by atoms with van der Waals surface area (Å²) in [5.41, 5.74) is -0.0209. The highest BCUT2D eigenvalue weighted by Crippen LogP contribution is 2.15. The molecule has 1 heterocycles. The third-order valence-corrected chi connectivity index (χ3v) is 2.84. The largest absolute Gasteiger partial charge is 0.480 e. The van der Waals surface area contributed by atoms with Crippen molar-refractivity contribution >= 4 is 17.6 Å². The van der Waals surface area contributed by atoms with Crippen molar-refractivity contribution in [3.63, 3.8) is 0 Å². The highest BCUT2D eigenvalue weighted by atomic mass is 16.6. The fourth-order valence-electron chi connectivity index (χ4n) is 1.78. The van der Waals surface area contributed by atoms with E-state index in [-0.39, 0.29) is 23.6 Å². The van der Waals surface area contributed by atoms with E-state index < -0.39 is 22.8 Å². The average Bonchev–Trinajstić information content (AvgIpc) is 2.37. The van der Waals surface area contributed by atoms with Crippen LogP contribution in [0.4, 0.5) is 5.69 Å². The zero-order chi connectivity index (χ0) is 16.2. The molecule has 0 aliphatic rings. The molecule has 1 rings (SSSR count). The number of nitrogens with one attached hydrogen (secondary N) is 1. The number of pyridine rings is 1. The van der Waals surface area contributed by atoms with Crippen molar-refractivity contribution < 1.29 is 19.6 Å². The summed E-state index contributed by atoms with van der Waals surface area (Å²) in [6, 6.07) is 0.0440. The van der Waals surface area contributed by atoms with Crippen molar-refractivity contribution in [2.75, 3.05) is 0 Å². The number of rotatable bonds is 6. The molecule has 1 aromatic heterocycles. The Kier molecular flexibility index (Phi) is 5.34. The molecular formula is C13H17N3O5. The molecule has 0 fully saturated rings. The highest BCUT2D eigenvalue weighted by Gasteiger charge is 2.24. The predicted octanol–water partition coefficient (Wildman–Crippen LogP) is 1.53. The van der Waals surface area contributed by atoms with Gasteiger partial charge in [0.05, 0.1) is 16.2 Å². The molecule has 0 aliphatic heterocycles. The summed E-state index contributed by atoms with van der Waals surface area (Å²) in [5, 5.41) is 22.2. The minimum absolute atomic E-state index is 0.000735. The molecule has 2 N–H and O–H groups in total. The van der Waals surface area contributed by atoms with Gasteiger partial charge in [0.25, 0.3) is 11.6 Å². The van der Waals surface area contributed by atoms with Crippen LogP contribution >= 0.6 is 0 Å². The molecule has 0 saturated carbocycles. The van der Waals surface area contributed by atoms with Crippen LogP contribution in [0.15, 0.2) is 12.3 Å². The maximum atomic E-state index is 12.1. The summed E-state index contributed by atoms with van der Waals surface area (Å²) in [4.78, 5) is 37.0. The number of aryl methyl sites for hydroxylation is 1. The fraction of sp³-hybridized carbons (Fsp3) is 0.462. The number of nitro groups is 1. The highest BCUT2D eigenvalue weighted by molar-refractivity contribution is 5.97. The first kappa shape index (κ1) is 16.5. The van der Waals surface area contributed by atoms with Gasteiger partial charge in [-0.3, -0.25) is 19.9 Å². The molecule has 8 nitrogen and oxygen atoms in total. The van der Waals surface area contributed by atoms with Gasteiger partial charge < -0.3 is 10.4 Å². The van der Waals surface area contributed by atoms with Crippen LogP contribution in [0.25, 0.3) is 0 Å². The SMILES string of the molecule is Cc1ncc([N+](=O)[O-])cc1C(=O)N[C@@H](CC(C)C)C(=O)O. The standard InChI is InChI=1S/C13H17N3O5/c1-7(2)4-11(13(18)19)15-12(17)10-5-9(16(20)21)6-14-8(10)3/h5-7,11H,4H2,1-3H3,(H,15,17)(H,18,19)/t11-/m0/s1. The zero-order valence-corrected chi connectivity index (χ0v) is 12.0. The van der Waals surface area contributed by atoms with Crippen LogP contribution in [-0.4, -0.2) is 32.9 Å².